The van der Waals surface area contributed by atoms with Crippen LogP contribution < -0.4 is 10.9 Å². The van der Waals surface area contributed by atoms with Gasteiger partial charge in [-0.1, -0.05) is 17.7 Å². The molecule has 0 aliphatic carbocycles. The Morgan fingerprint density at radius 1 is 1.00 bits per heavy atom. The summed E-state index contributed by atoms with van der Waals surface area (Å²) in [7, 11) is 0. The topological polar surface area (TPSA) is 87.7 Å². The molecule has 0 aliphatic rings. The van der Waals surface area contributed by atoms with E-state index in [0.29, 0.717) is 22.1 Å². The number of aromatic amines is 1. The minimum absolute atomic E-state index is 0.0710. The van der Waals surface area contributed by atoms with Gasteiger partial charge in [0.15, 0.2) is 0 Å². The second-order valence-corrected chi connectivity index (χ2v) is 8.97. The Labute approximate surface area is 197 Å². The quantitative estimate of drug-likeness (QED) is 0.339. The van der Waals surface area contributed by atoms with Gasteiger partial charge < -0.3 is 10.3 Å². The number of benzene rings is 3. The SMILES string of the molecule is Cc1ccc2nc(-c3ccc(NC(=O)c4cnc(-c5ccc(Cl)cc5)[nH]c4=O)cc3)sc2c1. The molecule has 0 fully saturated rings. The van der Waals surface area contributed by atoms with Crippen molar-refractivity contribution >= 4 is 44.7 Å². The fraction of sp³-hybridized carbons (Fsp3) is 0.0400. The molecule has 8 heteroatoms. The molecule has 6 nitrogen and oxygen atoms in total. The number of hydrogen-bond acceptors (Lipinski definition) is 5. The maximum Gasteiger partial charge on any atom is 0.264 e. The summed E-state index contributed by atoms with van der Waals surface area (Å²) in [6, 6.07) is 20.4. The highest BCUT2D eigenvalue weighted by Gasteiger charge is 2.14. The van der Waals surface area contributed by atoms with E-state index in [-0.39, 0.29) is 5.56 Å². The van der Waals surface area contributed by atoms with E-state index in [1.807, 2.05) is 24.3 Å². The van der Waals surface area contributed by atoms with Crippen LogP contribution in [0.2, 0.25) is 5.02 Å². The first kappa shape index (κ1) is 21.1. The molecule has 2 heterocycles. The Morgan fingerprint density at radius 2 is 1.73 bits per heavy atom. The summed E-state index contributed by atoms with van der Waals surface area (Å²) >= 11 is 7.52. The maximum absolute atomic E-state index is 12.6. The number of H-pyrrole nitrogens is 1. The van der Waals surface area contributed by atoms with Crippen LogP contribution in [0.5, 0.6) is 0 Å². The Hall–Kier alpha value is -3.81. The summed E-state index contributed by atoms with van der Waals surface area (Å²) in [5, 5.41) is 4.24. The van der Waals surface area contributed by atoms with Crippen molar-refractivity contribution in [2.75, 3.05) is 5.32 Å². The van der Waals surface area contributed by atoms with Crippen molar-refractivity contribution in [3.63, 3.8) is 0 Å². The van der Waals surface area contributed by atoms with E-state index >= 15 is 0 Å². The largest absolute Gasteiger partial charge is 0.322 e. The van der Waals surface area contributed by atoms with Crippen LogP contribution >= 0.6 is 22.9 Å². The number of carbonyl (C=O) groups excluding carboxylic acids is 1. The molecule has 0 bridgehead atoms. The van der Waals surface area contributed by atoms with Crippen LogP contribution in [-0.4, -0.2) is 20.9 Å². The van der Waals surface area contributed by atoms with E-state index in [1.54, 1.807) is 47.7 Å². The molecule has 0 unspecified atom stereocenters. The molecular formula is C25H17ClN4O2S. The summed E-state index contributed by atoms with van der Waals surface area (Å²) in [4.78, 5) is 36.7. The Morgan fingerprint density at radius 3 is 2.45 bits per heavy atom. The molecule has 162 valence electrons. The molecule has 5 aromatic rings. The molecule has 0 saturated carbocycles. The number of rotatable bonds is 4. The van der Waals surface area contributed by atoms with Crippen LogP contribution in [0.4, 0.5) is 5.69 Å². The zero-order valence-corrected chi connectivity index (χ0v) is 19.0. The third-order valence-corrected chi connectivity index (χ3v) is 6.41. The minimum Gasteiger partial charge on any atom is -0.322 e. The highest BCUT2D eigenvalue weighted by atomic mass is 35.5. The van der Waals surface area contributed by atoms with Crippen molar-refractivity contribution in [1.82, 2.24) is 15.0 Å². The number of anilines is 1. The summed E-state index contributed by atoms with van der Waals surface area (Å²) in [5.74, 6) is -0.168. The average Bonchev–Trinajstić information content (AvgIpc) is 3.23. The van der Waals surface area contributed by atoms with Crippen molar-refractivity contribution < 1.29 is 4.79 Å². The van der Waals surface area contributed by atoms with Gasteiger partial charge in [-0.15, -0.1) is 11.3 Å². The lowest BCUT2D eigenvalue weighted by Crippen LogP contribution is -2.24. The zero-order valence-electron chi connectivity index (χ0n) is 17.4. The molecule has 0 saturated heterocycles. The number of aryl methyl sites for hydroxylation is 1. The van der Waals surface area contributed by atoms with E-state index in [0.717, 1.165) is 20.8 Å². The van der Waals surface area contributed by atoms with Crippen LogP contribution in [-0.2, 0) is 0 Å². The number of nitrogens with zero attached hydrogens (tertiary/aromatic N) is 2. The Balaban J connectivity index is 1.33. The molecule has 3 aromatic carbocycles. The molecule has 0 radical (unpaired) electrons. The minimum atomic E-state index is -0.533. The van der Waals surface area contributed by atoms with E-state index in [4.69, 9.17) is 11.6 Å². The lowest BCUT2D eigenvalue weighted by Gasteiger charge is -2.06. The van der Waals surface area contributed by atoms with Crippen molar-refractivity contribution in [1.29, 1.82) is 0 Å². The lowest BCUT2D eigenvalue weighted by molar-refractivity contribution is 0.102. The van der Waals surface area contributed by atoms with Crippen LogP contribution in [0, 0.1) is 6.92 Å². The predicted molar refractivity (Wildman–Crippen MR) is 133 cm³/mol. The monoisotopic (exact) mass is 472 g/mol. The summed E-state index contributed by atoms with van der Waals surface area (Å²) in [6.45, 7) is 2.06. The van der Waals surface area contributed by atoms with Crippen molar-refractivity contribution in [2.45, 2.75) is 6.92 Å². The smallest absolute Gasteiger partial charge is 0.264 e. The van der Waals surface area contributed by atoms with Gasteiger partial charge in [-0.3, -0.25) is 9.59 Å². The van der Waals surface area contributed by atoms with Crippen molar-refractivity contribution in [3.8, 4) is 22.0 Å². The van der Waals surface area contributed by atoms with Gasteiger partial charge in [0, 0.05) is 28.0 Å². The highest BCUT2D eigenvalue weighted by molar-refractivity contribution is 7.21. The molecule has 2 aromatic heterocycles. The van der Waals surface area contributed by atoms with Crippen LogP contribution in [0.15, 0.2) is 77.7 Å². The van der Waals surface area contributed by atoms with E-state index in [1.165, 1.54) is 11.8 Å². The van der Waals surface area contributed by atoms with Gasteiger partial charge in [0.25, 0.3) is 11.5 Å². The maximum atomic E-state index is 12.6. The van der Waals surface area contributed by atoms with Gasteiger partial charge in [0.1, 0.15) is 16.4 Å². The molecule has 33 heavy (non-hydrogen) atoms. The Kier molecular flexibility index (Phi) is 5.50. The molecule has 2 N–H and O–H groups in total. The number of fused-ring (bicyclic) bond motifs is 1. The number of amides is 1. The highest BCUT2D eigenvalue weighted by Crippen LogP contribution is 2.31. The van der Waals surface area contributed by atoms with Crippen LogP contribution in [0.25, 0.3) is 32.2 Å². The Bertz CT molecular complexity index is 1540. The van der Waals surface area contributed by atoms with Gasteiger partial charge in [0.2, 0.25) is 0 Å². The zero-order chi connectivity index (χ0) is 22.9. The van der Waals surface area contributed by atoms with E-state index in [9.17, 15) is 9.59 Å². The predicted octanol–water partition coefficient (Wildman–Crippen LogP) is 5.93. The van der Waals surface area contributed by atoms with Gasteiger partial charge in [0.05, 0.1) is 10.2 Å². The number of hydrogen-bond donors (Lipinski definition) is 2. The normalized spacial score (nSPS) is 11.0. The summed E-state index contributed by atoms with van der Waals surface area (Å²) in [6.07, 6.45) is 1.27. The standard InChI is InChI=1S/C25H17ClN4O2S/c1-14-2-11-20-21(12-14)33-25(29-20)16-5-9-18(10-6-16)28-23(31)19-13-27-22(30-24(19)32)15-3-7-17(26)8-4-15/h2-13H,1H3,(H,28,31)(H,27,30,32). The number of halogens is 1. The van der Waals surface area contributed by atoms with Crippen molar-refractivity contribution in [2.24, 2.45) is 0 Å². The number of aromatic nitrogens is 3. The number of thiazole rings is 1. The first-order chi connectivity index (χ1) is 16.0. The lowest BCUT2D eigenvalue weighted by atomic mass is 10.2. The number of nitrogens with one attached hydrogen (secondary N) is 2. The van der Waals surface area contributed by atoms with Crippen LogP contribution in [0.1, 0.15) is 15.9 Å². The molecule has 0 atom stereocenters. The second kappa shape index (κ2) is 8.61. The first-order valence-electron chi connectivity index (χ1n) is 10.1. The average molecular weight is 473 g/mol. The summed E-state index contributed by atoms with van der Waals surface area (Å²) < 4.78 is 1.14. The van der Waals surface area contributed by atoms with E-state index < -0.39 is 11.5 Å². The van der Waals surface area contributed by atoms with Gasteiger partial charge in [-0.05, 0) is 73.2 Å². The second-order valence-electron chi connectivity index (χ2n) is 7.50. The molecule has 1 amide bonds. The molecule has 5 rings (SSSR count). The summed E-state index contributed by atoms with van der Waals surface area (Å²) in [5.41, 5.74) is 3.80. The van der Waals surface area contributed by atoms with E-state index in [2.05, 4.69) is 33.3 Å². The number of carbonyl (C=O) groups is 1. The first-order valence-corrected chi connectivity index (χ1v) is 11.3. The van der Waals surface area contributed by atoms with Crippen LogP contribution in [0.3, 0.4) is 0 Å². The van der Waals surface area contributed by atoms with Gasteiger partial charge >= 0.3 is 0 Å². The fourth-order valence-electron chi connectivity index (χ4n) is 3.36. The fourth-order valence-corrected chi connectivity index (χ4v) is 4.56. The molecular weight excluding hydrogens is 456 g/mol. The molecule has 0 spiro atoms. The van der Waals surface area contributed by atoms with Crippen molar-refractivity contribution in [3.05, 3.63) is 99.4 Å². The third-order valence-electron chi connectivity index (χ3n) is 5.10. The van der Waals surface area contributed by atoms with Gasteiger partial charge in [-0.2, -0.15) is 0 Å². The third kappa shape index (κ3) is 4.41. The molecule has 0 aliphatic heterocycles. The van der Waals surface area contributed by atoms with Gasteiger partial charge in [-0.25, -0.2) is 9.97 Å².